The van der Waals surface area contributed by atoms with Crippen molar-refractivity contribution in [3.05, 3.63) is 70.0 Å². The van der Waals surface area contributed by atoms with E-state index in [1.54, 1.807) is 24.4 Å². The molecule has 0 fully saturated rings. The number of phenolic OH excluding ortho intramolecular Hbond substituents is 1. The highest BCUT2D eigenvalue weighted by molar-refractivity contribution is 6.08. The van der Waals surface area contributed by atoms with E-state index in [1.165, 1.54) is 12.2 Å². The number of aromatic hydroxyl groups is 1. The van der Waals surface area contributed by atoms with Gasteiger partial charge in [0.25, 0.3) is 5.69 Å². The quantitative estimate of drug-likeness (QED) is 0.399. The molecule has 0 amide bonds. The highest BCUT2D eigenvalue weighted by Crippen LogP contribution is 2.23. The highest BCUT2D eigenvalue weighted by atomic mass is 16.6. The first-order chi connectivity index (χ1) is 9.58. The van der Waals surface area contributed by atoms with E-state index in [-0.39, 0.29) is 17.0 Å². The van der Waals surface area contributed by atoms with E-state index in [9.17, 15) is 20.0 Å². The van der Waals surface area contributed by atoms with Crippen molar-refractivity contribution in [2.45, 2.75) is 0 Å². The van der Waals surface area contributed by atoms with Crippen LogP contribution >= 0.6 is 0 Å². The number of ketones is 1. The summed E-state index contributed by atoms with van der Waals surface area (Å²) < 4.78 is 0. The number of carbonyl (C=O) groups is 1. The van der Waals surface area contributed by atoms with Crippen molar-refractivity contribution in [1.29, 1.82) is 0 Å². The molecular weight excluding hydrogens is 260 g/mol. The van der Waals surface area contributed by atoms with Gasteiger partial charge in [0.2, 0.25) is 0 Å². The summed E-state index contributed by atoms with van der Waals surface area (Å²) >= 11 is 0. The van der Waals surface area contributed by atoms with E-state index >= 15 is 0 Å². The highest BCUT2D eigenvalue weighted by Gasteiger charge is 2.14. The molecule has 0 spiro atoms. The maximum absolute atomic E-state index is 11.9. The molecule has 1 N–H and O–H groups in total. The predicted octanol–water partition coefficient (Wildman–Crippen LogP) is 2.59. The monoisotopic (exact) mass is 270 g/mol. The van der Waals surface area contributed by atoms with Gasteiger partial charge in [-0.15, -0.1) is 0 Å². The number of aromatic nitrogens is 1. The number of allylic oxidation sites excluding steroid dienone is 1. The van der Waals surface area contributed by atoms with Crippen molar-refractivity contribution in [2.24, 2.45) is 0 Å². The molecule has 0 bridgehead atoms. The van der Waals surface area contributed by atoms with E-state index in [2.05, 4.69) is 4.98 Å². The first kappa shape index (κ1) is 13.4. The minimum Gasteiger partial charge on any atom is -0.507 e. The number of non-ortho nitro benzene ring substituents is 1. The molecule has 0 saturated heterocycles. The zero-order valence-electron chi connectivity index (χ0n) is 10.3. The molecule has 0 atom stereocenters. The molecule has 1 aromatic heterocycles. The lowest BCUT2D eigenvalue weighted by atomic mass is 10.1. The number of phenols is 1. The van der Waals surface area contributed by atoms with Crippen LogP contribution in [0.3, 0.4) is 0 Å². The Balaban J connectivity index is 2.27. The van der Waals surface area contributed by atoms with Gasteiger partial charge in [0.05, 0.1) is 16.2 Å². The SMILES string of the molecule is O=C(/C=C\c1ccccn1)c1cc([N+](=O)[O-])ccc1O. The van der Waals surface area contributed by atoms with Gasteiger partial charge in [-0.25, -0.2) is 0 Å². The minimum atomic E-state index is -0.626. The molecule has 6 heteroatoms. The van der Waals surface area contributed by atoms with Crippen LogP contribution in [0.1, 0.15) is 16.1 Å². The Labute approximate surface area is 114 Å². The third kappa shape index (κ3) is 3.05. The average molecular weight is 270 g/mol. The Kier molecular flexibility index (Phi) is 3.85. The van der Waals surface area contributed by atoms with Gasteiger partial charge in [-0.3, -0.25) is 19.9 Å². The third-order valence-corrected chi connectivity index (χ3v) is 2.55. The van der Waals surface area contributed by atoms with Crippen molar-refractivity contribution in [3.63, 3.8) is 0 Å². The second kappa shape index (κ2) is 5.75. The fourth-order valence-corrected chi connectivity index (χ4v) is 1.56. The Hall–Kier alpha value is -3.02. The molecule has 1 aromatic carbocycles. The topological polar surface area (TPSA) is 93.3 Å². The maximum atomic E-state index is 11.9. The van der Waals surface area contributed by atoms with E-state index in [4.69, 9.17) is 0 Å². The lowest BCUT2D eigenvalue weighted by molar-refractivity contribution is -0.384. The molecule has 0 unspecified atom stereocenters. The summed E-state index contributed by atoms with van der Waals surface area (Å²) in [6.07, 6.45) is 4.26. The zero-order valence-corrected chi connectivity index (χ0v) is 10.3. The largest absolute Gasteiger partial charge is 0.507 e. The molecule has 6 nitrogen and oxygen atoms in total. The van der Waals surface area contributed by atoms with Crippen LogP contribution in [0.4, 0.5) is 5.69 Å². The number of nitro groups is 1. The second-order valence-corrected chi connectivity index (χ2v) is 3.91. The molecule has 0 saturated carbocycles. The van der Waals surface area contributed by atoms with Crippen LogP contribution in [-0.2, 0) is 0 Å². The second-order valence-electron chi connectivity index (χ2n) is 3.91. The summed E-state index contributed by atoms with van der Waals surface area (Å²) in [5.41, 5.74) is 0.203. The fourth-order valence-electron chi connectivity index (χ4n) is 1.56. The smallest absolute Gasteiger partial charge is 0.270 e. The van der Waals surface area contributed by atoms with Crippen LogP contribution in [0.2, 0.25) is 0 Å². The van der Waals surface area contributed by atoms with Gasteiger partial charge in [-0.05, 0) is 30.4 Å². The molecule has 2 aromatic rings. The Morgan fingerprint density at radius 3 is 2.75 bits per heavy atom. The number of nitrogens with zero attached hydrogens (tertiary/aromatic N) is 2. The molecule has 1 heterocycles. The number of hydrogen-bond donors (Lipinski definition) is 1. The Morgan fingerprint density at radius 2 is 2.10 bits per heavy atom. The van der Waals surface area contributed by atoms with Gasteiger partial charge in [-0.1, -0.05) is 6.07 Å². The number of carbonyl (C=O) groups excluding carboxylic acids is 1. The van der Waals surface area contributed by atoms with E-state index < -0.39 is 10.7 Å². The van der Waals surface area contributed by atoms with Crippen LogP contribution < -0.4 is 0 Å². The summed E-state index contributed by atoms with van der Waals surface area (Å²) in [5.74, 6) is -0.830. The molecule has 20 heavy (non-hydrogen) atoms. The van der Waals surface area contributed by atoms with E-state index in [0.29, 0.717) is 5.69 Å². The standard InChI is InChI=1S/C14H10N2O4/c17-13(6-4-10-3-1-2-8-15-10)12-9-11(16(19)20)5-7-14(12)18/h1-9,18H/b6-4-. The van der Waals surface area contributed by atoms with Gasteiger partial charge < -0.3 is 5.11 Å². The Morgan fingerprint density at radius 1 is 1.30 bits per heavy atom. The summed E-state index contributed by atoms with van der Waals surface area (Å²) in [4.78, 5) is 25.9. The summed E-state index contributed by atoms with van der Waals surface area (Å²) in [6, 6.07) is 8.51. The summed E-state index contributed by atoms with van der Waals surface area (Å²) in [5, 5.41) is 20.2. The third-order valence-electron chi connectivity index (χ3n) is 2.55. The van der Waals surface area contributed by atoms with Crippen LogP contribution in [0.15, 0.2) is 48.7 Å². The Bertz CT molecular complexity index is 681. The predicted molar refractivity (Wildman–Crippen MR) is 72.4 cm³/mol. The number of hydrogen-bond acceptors (Lipinski definition) is 5. The number of rotatable bonds is 4. The lowest BCUT2D eigenvalue weighted by Gasteiger charge is -2.00. The van der Waals surface area contributed by atoms with E-state index in [1.807, 2.05) is 0 Å². The summed E-state index contributed by atoms with van der Waals surface area (Å²) in [6.45, 7) is 0. The van der Waals surface area contributed by atoms with Crippen LogP contribution in [0, 0.1) is 10.1 Å². The van der Waals surface area contributed by atoms with Crippen molar-refractivity contribution in [1.82, 2.24) is 4.98 Å². The molecule has 0 aliphatic rings. The van der Waals surface area contributed by atoms with E-state index in [0.717, 1.165) is 18.2 Å². The van der Waals surface area contributed by atoms with Crippen LogP contribution in [0.5, 0.6) is 5.75 Å². The molecule has 100 valence electrons. The number of nitro benzene ring substituents is 1. The molecular formula is C14H10N2O4. The van der Waals surface area contributed by atoms with Gasteiger partial charge in [0.15, 0.2) is 5.78 Å². The molecule has 0 aliphatic heterocycles. The average Bonchev–Trinajstić information content (AvgIpc) is 2.46. The van der Waals surface area contributed by atoms with Crippen molar-refractivity contribution >= 4 is 17.5 Å². The van der Waals surface area contributed by atoms with Crippen LogP contribution in [-0.4, -0.2) is 20.8 Å². The lowest BCUT2D eigenvalue weighted by Crippen LogP contribution is -1.97. The number of benzene rings is 1. The first-order valence-electron chi connectivity index (χ1n) is 5.69. The summed E-state index contributed by atoms with van der Waals surface area (Å²) in [7, 11) is 0. The molecule has 2 rings (SSSR count). The van der Waals surface area contributed by atoms with Crippen molar-refractivity contribution in [3.8, 4) is 5.75 Å². The fraction of sp³-hybridized carbons (Fsp3) is 0. The van der Waals surface area contributed by atoms with Crippen molar-refractivity contribution in [2.75, 3.05) is 0 Å². The maximum Gasteiger partial charge on any atom is 0.270 e. The molecule has 0 aliphatic carbocycles. The first-order valence-corrected chi connectivity index (χ1v) is 5.69. The minimum absolute atomic E-state index is 0.119. The van der Waals surface area contributed by atoms with Gasteiger partial charge >= 0.3 is 0 Å². The number of pyridine rings is 1. The van der Waals surface area contributed by atoms with Gasteiger partial charge in [0.1, 0.15) is 5.75 Å². The van der Waals surface area contributed by atoms with Gasteiger partial charge in [-0.2, -0.15) is 0 Å². The zero-order chi connectivity index (χ0) is 14.5. The molecule has 0 radical (unpaired) electrons. The van der Waals surface area contributed by atoms with Crippen LogP contribution in [0.25, 0.3) is 6.08 Å². The van der Waals surface area contributed by atoms with Crippen molar-refractivity contribution < 1.29 is 14.8 Å². The normalized spacial score (nSPS) is 10.6. The van der Waals surface area contributed by atoms with Gasteiger partial charge in [0, 0.05) is 18.3 Å².